The molecule has 0 aromatic heterocycles. The first-order valence-electron chi connectivity index (χ1n) is 6.95. The van der Waals surface area contributed by atoms with E-state index < -0.39 is 11.6 Å². The number of hydrogen-bond donors (Lipinski definition) is 1. The number of esters is 1. The van der Waals surface area contributed by atoms with Gasteiger partial charge >= 0.3 is 5.97 Å². The Morgan fingerprint density at radius 2 is 2.09 bits per heavy atom. The fraction of sp³-hybridized carbons (Fsp3) is 0.438. The summed E-state index contributed by atoms with van der Waals surface area (Å²) in [5.74, 6) is -0.547. The smallest absolute Gasteiger partial charge is 0.308 e. The van der Waals surface area contributed by atoms with E-state index in [4.69, 9.17) is 9.47 Å². The van der Waals surface area contributed by atoms with Gasteiger partial charge in [0, 0.05) is 20.1 Å². The van der Waals surface area contributed by atoms with Crippen LogP contribution in [-0.4, -0.2) is 24.6 Å². The summed E-state index contributed by atoms with van der Waals surface area (Å²) in [6.45, 7) is 4.93. The first-order chi connectivity index (χ1) is 10.4. The summed E-state index contributed by atoms with van der Waals surface area (Å²) < 4.78 is 10.2. The zero-order chi connectivity index (χ0) is 16.8. The van der Waals surface area contributed by atoms with Gasteiger partial charge in [0.25, 0.3) is 5.91 Å². The first kappa shape index (κ1) is 17.7. The van der Waals surface area contributed by atoms with E-state index in [-0.39, 0.29) is 17.2 Å². The number of hydrogen-bond acceptors (Lipinski definition) is 5. The highest BCUT2D eigenvalue weighted by Gasteiger charge is 2.32. The molecule has 1 atom stereocenters. The quantitative estimate of drug-likeness (QED) is 0.644. The maximum Gasteiger partial charge on any atom is 0.308 e. The van der Waals surface area contributed by atoms with Gasteiger partial charge in [-0.25, -0.2) is 0 Å². The second-order valence-electron chi connectivity index (χ2n) is 5.05. The van der Waals surface area contributed by atoms with Gasteiger partial charge in [-0.05, 0) is 25.5 Å². The predicted molar refractivity (Wildman–Crippen MR) is 81.4 cm³/mol. The third-order valence-electron chi connectivity index (χ3n) is 3.28. The van der Waals surface area contributed by atoms with Crippen molar-refractivity contribution < 1.29 is 19.1 Å². The van der Waals surface area contributed by atoms with Crippen molar-refractivity contribution in [1.29, 1.82) is 5.26 Å². The molecule has 0 spiro atoms. The third-order valence-corrected chi connectivity index (χ3v) is 3.28. The zero-order valence-electron chi connectivity index (χ0n) is 13.2. The van der Waals surface area contributed by atoms with E-state index in [1.807, 2.05) is 13.0 Å². The number of nitriles is 1. The van der Waals surface area contributed by atoms with Crippen LogP contribution in [0.1, 0.15) is 39.2 Å². The van der Waals surface area contributed by atoms with E-state index in [0.717, 1.165) is 6.42 Å². The zero-order valence-corrected chi connectivity index (χ0v) is 13.2. The molecule has 1 aromatic carbocycles. The number of amides is 1. The lowest BCUT2D eigenvalue weighted by molar-refractivity contribution is -0.136. The van der Waals surface area contributed by atoms with E-state index >= 15 is 0 Å². The van der Waals surface area contributed by atoms with Crippen LogP contribution in [0, 0.1) is 11.3 Å². The summed E-state index contributed by atoms with van der Waals surface area (Å²) >= 11 is 0. The average Bonchev–Trinajstić information content (AvgIpc) is 2.48. The Balaban J connectivity index is 3.00. The summed E-state index contributed by atoms with van der Waals surface area (Å²) in [5, 5.41) is 11.9. The number of anilines is 1. The van der Waals surface area contributed by atoms with Gasteiger partial charge in [-0.15, -0.1) is 0 Å². The summed E-state index contributed by atoms with van der Waals surface area (Å²) in [5.41, 5.74) is -0.402. The number of nitrogens with one attached hydrogen (secondary N) is 1. The molecule has 118 valence electrons. The Morgan fingerprint density at radius 1 is 1.41 bits per heavy atom. The minimum atomic E-state index is -0.962. The van der Waals surface area contributed by atoms with Gasteiger partial charge in [0.1, 0.15) is 17.4 Å². The molecule has 22 heavy (non-hydrogen) atoms. The first-order valence-corrected chi connectivity index (χ1v) is 6.95. The van der Waals surface area contributed by atoms with Crippen molar-refractivity contribution >= 4 is 17.6 Å². The molecule has 1 amide bonds. The molecule has 0 bridgehead atoms. The van der Waals surface area contributed by atoms with Gasteiger partial charge in [-0.1, -0.05) is 13.3 Å². The van der Waals surface area contributed by atoms with E-state index in [2.05, 4.69) is 5.32 Å². The van der Waals surface area contributed by atoms with Gasteiger partial charge in [0.05, 0.1) is 11.3 Å². The van der Waals surface area contributed by atoms with Crippen LogP contribution in [0.25, 0.3) is 0 Å². The van der Waals surface area contributed by atoms with Crippen LogP contribution >= 0.6 is 0 Å². The summed E-state index contributed by atoms with van der Waals surface area (Å²) in [7, 11) is 1.48. The van der Waals surface area contributed by atoms with Crippen molar-refractivity contribution in [3.05, 3.63) is 23.8 Å². The monoisotopic (exact) mass is 304 g/mol. The maximum absolute atomic E-state index is 12.4. The lowest BCUT2D eigenvalue weighted by Gasteiger charge is -2.26. The Labute approximate surface area is 130 Å². The van der Waals surface area contributed by atoms with Gasteiger partial charge < -0.3 is 14.8 Å². The molecule has 0 fully saturated rings. The Kier molecular flexibility index (Phi) is 6.08. The molecule has 1 N–H and O–H groups in total. The molecule has 0 aliphatic heterocycles. The van der Waals surface area contributed by atoms with Crippen molar-refractivity contribution in [3.8, 4) is 11.8 Å². The topological polar surface area (TPSA) is 88.4 Å². The number of rotatable bonds is 6. The second kappa shape index (κ2) is 7.57. The van der Waals surface area contributed by atoms with Crippen molar-refractivity contribution in [2.75, 3.05) is 12.4 Å². The van der Waals surface area contributed by atoms with Crippen LogP contribution in [-0.2, 0) is 14.3 Å². The van der Waals surface area contributed by atoms with Crippen molar-refractivity contribution in [3.63, 3.8) is 0 Å². The van der Waals surface area contributed by atoms with Crippen LogP contribution in [0.15, 0.2) is 18.2 Å². The Bertz CT molecular complexity index is 607. The Morgan fingerprint density at radius 3 is 2.59 bits per heavy atom. The van der Waals surface area contributed by atoms with Crippen molar-refractivity contribution in [2.24, 2.45) is 0 Å². The van der Waals surface area contributed by atoms with Gasteiger partial charge in [-0.2, -0.15) is 5.26 Å². The van der Waals surface area contributed by atoms with Gasteiger partial charge in [0.2, 0.25) is 0 Å². The molecule has 1 rings (SSSR count). The van der Waals surface area contributed by atoms with Crippen molar-refractivity contribution in [1.82, 2.24) is 0 Å². The predicted octanol–water partition coefficient (Wildman–Crippen LogP) is 2.63. The lowest BCUT2D eigenvalue weighted by atomic mass is 9.99. The summed E-state index contributed by atoms with van der Waals surface area (Å²) in [4.78, 5) is 23.3. The van der Waals surface area contributed by atoms with Crippen LogP contribution in [0.2, 0.25) is 0 Å². The fourth-order valence-corrected chi connectivity index (χ4v) is 1.99. The van der Waals surface area contributed by atoms with Gasteiger partial charge in [0.15, 0.2) is 0 Å². The van der Waals surface area contributed by atoms with E-state index in [9.17, 15) is 14.9 Å². The molecule has 0 aliphatic carbocycles. The molecule has 0 saturated heterocycles. The Hall–Kier alpha value is -2.39. The van der Waals surface area contributed by atoms with Crippen LogP contribution in [0.4, 0.5) is 5.69 Å². The molecule has 0 heterocycles. The molecule has 1 aromatic rings. The molecule has 0 aliphatic rings. The van der Waals surface area contributed by atoms with E-state index in [0.29, 0.717) is 12.1 Å². The lowest BCUT2D eigenvalue weighted by Crippen LogP contribution is -2.41. The highest BCUT2D eigenvalue weighted by molar-refractivity contribution is 5.98. The molecular formula is C16H20N2O4. The normalized spacial score (nSPS) is 12.9. The molecule has 6 nitrogen and oxygen atoms in total. The maximum atomic E-state index is 12.4. The van der Waals surface area contributed by atoms with E-state index in [1.165, 1.54) is 32.2 Å². The molecule has 6 heteroatoms. The average molecular weight is 304 g/mol. The number of benzene rings is 1. The van der Waals surface area contributed by atoms with Crippen LogP contribution < -0.4 is 10.1 Å². The number of carbonyl (C=O) groups excluding carboxylic acids is 2. The highest BCUT2D eigenvalue weighted by atomic mass is 16.5. The molecule has 0 radical (unpaired) electrons. The standard InChI is InChI=1S/C16H20N2O4/c1-5-8-16(3,21-4)15(20)18-14-7-6-13(22-11(2)19)9-12(14)10-17/h6-7,9H,5,8H2,1-4H3,(H,18,20). The minimum absolute atomic E-state index is 0.210. The second-order valence-corrected chi connectivity index (χ2v) is 5.05. The largest absolute Gasteiger partial charge is 0.427 e. The highest BCUT2D eigenvalue weighted by Crippen LogP contribution is 2.24. The molecule has 0 saturated carbocycles. The van der Waals surface area contributed by atoms with Crippen LogP contribution in [0.3, 0.4) is 0 Å². The van der Waals surface area contributed by atoms with Crippen molar-refractivity contribution in [2.45, 2.75) is 39.2 Å². The number of nitrogens with zero attached hydrogens (tertiary/aromatic N) is 1. The van der Waals surface area contributed by atoms with E-state index in [1.54, 1.807) is 6.92 Å². The molecule has 1 unspecified atom stereocenters. The fourth-order valence-electron chi connectivity index (χ4n) is 1.99. The third kappa shape index (κ3) is 4.30. The number of carbonyl (C=O) groups is 2. The minimum Gasteiger partial charge on any atom is -0.427 e. The molecular weight excluding hydrogens is 284 g/mol. The summed E-state index contributed by atoms with van der Waals surface area (Å²) in [6, 6.07) is 6.41. The SMILES string of the molecule is CCCC(C)(OC)C(=O)Nc1ccc(OC(C)=O)cc1C#N. The van der Waals surface area contributed by atoms with Crippen LogP contribution in [0.5, 0.6) is 5.75 Å². The van der Waals surface area contributed by atoms with Gasteiger partial charge in [-0.3, -0.25) is 9.59 Å². The number of methoxy groups -OCH3 is 1. The number of ether oxygens (including phenoxy) is 2. The summed E-state index contributed by atoms with van der Waals surface area (Å²) in [6.07, 6.45) is 1.34.